The van der Waals surface area contributed by atoms with Crippen LogP contribution < -0.4 is 5.56 Å². The lowest BCUT2D eigenvalue weighted by atomic mass is 10.2. The molecule has 2 aromatic carbocycles. The van der Waals surface area contributed by atoms with Crippen molar-refractivity contribution in [1.82, 2.24) is 34.7 Å². The minimum Gasteiger partial charge on any atom is -0.379 e. The zero-order valence-electron chi connectivity index (χ0n) is 17.8. The smallest absolute Gasteiger partial charge is 0.278 e. The molecule has 2 aromatic heterocycles. The molecule has 0 unspecified atom stereocenters. The van der Waals surface area contributed by atoms with Crippen LogP contribution in [0.5, 0.6) is 0 Å². The summed E-state index contributed by atoms with van der Waals surface area (Å²) in [7, 11) is 0. The van der Waals surface area contributed by atoms with Gasteiger partial charge in [0.05, 0.1) is 24.5 Å². The van der Waals surface area contributed by atoms with Gasteiger partial charge in [-0.25, -0.2) is 4.39 Å². The maximum atomic E-state index is 13.4. The van der Waals surface area contributed by atoms with Crippen molar-refractivity contribution in [3.8, 4) is 11.4 Å². The van der Waals surface area contributed by atoms with Crippen LogP contribution in [0.25, 0.3) is 22.3 Å². The minimum absolute atomic E-state index is 0.203. The van der Waals surface area contributed by atoms with Crippen LogP contribution in [0.3, 0.4) is 0 Å². The Hall–Kier alpha value is -3.15. The van der Waals surface area contributed by atoms with Crippen molar-refractivity contribution < 1.29 is 9.13 Å². The van der Waals surface area contributed by atoms with E-state index in [-0.39, 0.29) is 17.3 Å². The van der Waals surface area contributed by atoms with Crippen molar-refractivity contribution in [2.45, 2.75) is 17.6 Å². The molecule has 1 aliphatic heterocycles. The van der Waals surface area contributed by atoms with Gasteiger partial charge >= 0.3 is 0 Å². The number of morpholine rings is 1. The molecule has 11 heteroatoms. The second kappa shape index (κ2) is 9.77. The highest BCUT2D eigenvalue weighted by atomic mass is 32.2. The Morgan fingerprint density at radius 2 is 1.76 bits per heavy atom. The average Bonchev–Trinajstić information content (AvgIpc) is 3.26. The summed E-state index contributed by atoms with van der Waals surface area (Å²) in [5.41, 5.74) is 1.14. The number of hydrogen-bond acceptors (Lipinski definition) is 8. The number of hydrogen-bond donors (Lipinski definition) is 0. The lowest BCUT2D eigenvalue weighted by Gasteiger charge is -2.27. The maximum absolute atomic E-state index is 13.4. The molecule has 0 bridgehead atoms. The SMILES string of the molecule is O=c1c2ccccc2nnn1CSc1nnc(-c2ccc(F)cc2)n1CCN1CCOCC1. The van der Waals surface area contributed by atoms with E-state index in [1.165, 1.54) is 28.6 Å². The molecule has 1 aliphatic rings. The largest absolute Gasteiger partial charge is 0.379 e. The van der Waals surface area contributed by atoms with Crippen molar-refractivity contribution >= 4 is 22.7 Å². The standard InChI is InChI=1S/C22H22FN7O2S/c23-17-7-5-16(6-8-17)20-25-26-22(29(20)10-9-28-11-13-32-14-12-28)33-15-30-21(31)18-3-1-2-4-19(18)24-27-30/h1-8H,9-15H2. The topological polar surface area (TPSA) is 91.0 Å². The number of nitrogens with zero attached hydrogens (tertiary/aromatic N) is 7. The minimum atomic E-state index is -0.304. The molecular weight excluding hydrogens is 445 g/mol. The van der Waals surface area contributed by atoms with E-state index >= 15 is 0 Å². The quantitative estimate of drug-likeness (QED) is 0.383. The lowest BCUT2D eigenvalue weighted by molar-refractivity contribution is 0.0361. The van der Waals surface area contributed by atoms with Gasteiger partial charge in [-0.3, -0.25) is 9.69 Å². The van der Waals surface area contributed by atoms with Gasteiger partial charge in [-0.15, -0.1) is 15.3 Å². The molecule has 0 atom stereocenters. The van der Waals surface area contributed by atoms with Crippen LogP contribution in [0.2, 0.25) is 0 Å². The molecule has 9 nitrogen and oxygen atoms in total. The molecule has 0 spiro atoms. The van der Waals surface area contributed by atoms with Gasteiger partial charge < -0.3 is 9.30 Å². The number of fused-ring (bicyclic) bond motifs is 1. The van der Waals surface area contributed by atoms with Crippen molar-refractivity contribution in [3.05, 3.63) is 64.7 Å². The van der Waals surface area contributed by atoms with E-state index in [1.54, 1.807) is 30.3 Å². The first-order chi connectivity index (χ1) is 16.2. The summed E-state index contributed by atoms with van der Waals surface area (Å²) in [5.74, 6) is 0.597. The second-order valence-corrected chi connectivity index (χ2v) is 8.52. The monoisotopic (exact) mass is 467 g/mol. The van der Waals surface area contributed by atoms with E-state index in [0.717, 1.165) is 38.4 Å². The van der Waals surface area contributed by atoms with Gasteiger partial charge in [0.1, 0.15) is 11.3 Å². The van der Waals surface area contributed by atoms with Crippen LogP contribution in [0.15, 0.2) is 58.5 Å². The van der Waals surface area contributed by atoms with Gasteiger partial charge in [0.25, 0.3) is 5.56 Å². The molecule has 1 saturated heterocycles. The molecule has 5 rings (SSSR count). The lowest BCUT2D eigenvalue weighted by Crippen LogP contribution is -2.38. The average molecular weight is 468 g/mol. The van der Waals surface area contributed by atoms with Crippen LogP contribution in [-0.2, 0) is 17.2 Å². The molecule has 1 fully saturated rings. The molecule has 0 saturated carbocycles. The highest BCUT2D eigenvalue weighted by Crippen LogP contribution is 2.25. The molecule has 4 aromatic rings. The Morgan fingerprint density at radius 3 is 2.58 bits per heavy atom. The number of aromatic nitrogens is 6. The molecule has 0 aliphatic carbocycles. The first-order valence-corrected chi connectivity index (χ1v) is 11.6. The highest BCUT2D eigenvalue weighted by Gasteiger charge is 2.18. The fourth-order valence-corrected chi connectivity index (χ4v) is 4.54. The molecule has 0 N–H and O–H groups in total. The van der Waals surface area contributed by atoms with Gasteiger partial charge in [0.15, 0.2) is 11.0 Å². The molecule has 0 amide bonds. The van der Waals surface area contributed by atoms with Gasteiger partial charge in [-0.05, 0) is 36.4 Å². The van der Waals surface area contributed by atoms with Gasteiger partial charge in [-0.1, -0.05) is 29.1 Å². The van der Waals surface area contributed by atoms with E-state index in [0.29, 0.717) is 28.4 Å². The number of halogens is 1. The summed E-state index contributed by atoms with van der Waals surface area (Å²) in [6, 6.07) is 13.3. The summed E-state index contributed by atoms with van der Waals surface area (Å²) in [6.07, 6.45) is 0. The predicted molar refractivity (Wildman–Crippen MR) is 122 cm³/mol. The third kappa shape index (κ3) is 4.80. The third-order valence-corrected chi connectivity index (χ3v) is 6.44. The van der Waals surface area contributed by atoms with Crippen LogP contribution in [0, 0.1) is 5.82 Å². The molecule has 3 heterocycles. The predicted octanol–water partition coefficient (Wildman–Crippen LogP) is 2.27. The second-order valence-electron chi connectivity index (χ2n) is 7.60. The van der Waals surface area contributed by atoms with Crippen LogP contribution >= 0.6 is 11.8 Å². The fourth-order valence-electron chi connectivity index (χ4n) is 3.70. The maximum Gasteiger partial charge on any atom is 0.278 e. The van der Waals surface area contributed by atoms with Crippen molar-refractivity contribution in [1.29, 1.82) is 0 Å². The molecular formula is C22H22FN7O2S. The highest BCUT2D eigenvalue weighted by molar-refractivity contribution is 7.98. The van der Waals surface area contributed by atoms with Crippen molar-refractivity contribution in [2.24, 2.45) is 0 Å². The Kier molecular flexibility index (Phi) is 6.42. The van der Waals surface area contributed by atoms with Gasteiger partial charge in [0.2, 0.25) is 0 Å². The van der Waals surface area contributed by atoms with Crippen LogP contribution in [-0.4, -0.2) is 67.5 Å². The number of benzene rings is 2. The van der Waals surface area contributed by atoms with Crippen molar-refractivity contribution in [3.63, 3.8) is 0 Å². The number of thioether (sulfide) groups is 1. The van der Waals surface area contributed by atoms with Gasteiger partial charge in [-0.2, -0.15) is 4.68 Å². The summed E-state index contributed by atoms with van der Waals surface area (Å²) in [4.78, 5) is 15.1. The van der Waals surface area contributed by atoms with E-state index in [2.05, 4.69) is 25.4 Å². The number of rotatable bonds is 7. The summed E-state index contributed by atoms with van der Waals surface area (Å²) >= 11 is 1.36. The van der Waals surface area contributed by atoms with E-state index in [9.17, 15) is 9.18 Å². The summed E-state index contributed by atoms with van der Waals surface area (Å²) in [6.45, 7) is 4.65. The zero-order chi connectivity index (χ0) is 22.6. The van der Waals surface area contributed by atoms with E-state index in [4.69, 9.17) is 4.74 Å². The Balaban J connectivity index is 1.40. The normalized spacial score (nSPS) is 14.7. The molecule has 170 valence electrons. The van der Waals surface area contributed by atoms with Crippen LogP contribution in [0.4, 0.5) is 4.39 Å². The van der Waals surface area contributed by atoms with E-state index < -0.39 is 0 Å². The Labute approximate surface area is 193 Å². The van der Waals surface area contributed by atoms with Crippen LogP contribution in [0.1, 0.15) is 0 Å². The first-order valence-electron chi connectivity index (χ1n) is 10.6. The number of ether oxygens (including phenoxy) is 1. The summed E-state index contributed by atoms with van der Waals surface area (Å²) in [5, 5.41) is 18.1. The first kappa shape index (κ1) is 21.7. The molecule has 0 radical (unpaired) electrons. The van der Waals surface area contributed by atoms with E-state index in [1.807, 2.05) is 10.6 Å². The third-order valence-electron chi connectivity index (χ3n) is 5.51. The fraction of sp³-hybridized carbons (Fsp3) is 0.318. The molecule has 33 heavy (non-hydrogen) atoms. The van der Waals surface area contributed by atoms with Gasteiger partial charge in [0, 0.05) is 31.7 Å². The van der Waals surface area contributed by atoms with Crippen molar-refractivity contribution in [2.75, 3.05) is 32.8 Å². The Bertz CT molecular complexity index is 1300. The Morgan fingerprint density at radius 1 is 0.970 bits per heavy atom. The summed E-state index contributed by atoms with van der Waals surface area (Å²) < 4.78 is 22.2. The zero-order valence-corrected chi connectivity index (χ0v) is 18.6.